The predicted octanol–water partition coefficient (Wildman–Crippen LogP) is 2.89. The number of hydrogen-bond donors (Lipinski definition) is 1. The van der Waals surface area contributed by atoms with E-state index in [0.29, 0.717) is 17.3 Å². The fourth-order valence-electron chi connectivity index (χ4n) is 2.02. The van der Waals surface area contributed by atoms with Crippen molar-refractivity contribution in [3.05, 3.63) is 23.8 Å². The zero-order valence-electron chi connectivity index (χ0n) is 11.4. The van der Waals surface area contributed by atoms with Crippen molar-refractivity contribution in [2.45, 2.75) is 19.8 Å². The van der Waals surface area contributed by atoms with Crippen LogP contribution in [0.4, 0.5) is 5.82 Å². The number of nitrogen functional groups attached to an aromatic ring is 1. The Labute approximate surface area is 112 Å². The number of ether oxygens (including phenoxy) is 2. The summed E-state index contributed by atoms with van der Waals surface area (Å²) in [6.07, 6.45) is 1.77. The highest BCUT2D eigenvalue weighted by Gasteiger charge is 2.19. The molecular formula is C14H18N2O3. The third kappa shape index (κ3) is 2.50. The first-order valence-electron chi connectivity index (χ1n) is 6.17. The predicted molar refractivity (Wildman–Crippen MR) is 73.5 cm³/mol. The van der Waals surface area contributed by atoms with Crippen molar-refractivity contribution in [1.82, 2.24) is 5.16 Å². The quantitative estimate of drug-likeness (QED) is 0.897. The summed E-state index contributed by atoms with van der Waals surface area (Å²) in [4.78, 5) is 0. The molecule has 0 saturated heterocycles. The molecule has 0 aliphatic heterocycles. The van der Waals surface area contributed by atoms with E-state index in [2.05, 4.69) is 12.1 Å². The Bertz CT molecular complexity index is 564. The van der Waals surface area contributed by atoms with E-state index in [1.807, 2.05) is 18.2 Å². The second-order valence-corrected chi connectivity index (χ2v) is 4.19. The summed E-state index contributed by atoms with van der Waals surface area (Å²) in [5, 5.41) is 3.85. The van der Waals surface area contributed by atoms with Crippen LogP contribution in [0, 0.1) is 0 Å². The second-order valence-electron chi connectivity index (χ2n) is 4.19. The van der Waals surface area contributed by atoms with Crippen molar-refractivity contribution < 1.29 is 14.0 Å². The lowest BCUT2D eigenvalue weighted by Gasteiger charge is -2.09. The minimum Gasteiger partial charge on any atom is -0.497 e. The van der Waals surface area contributed by atoms with Gasteiger partial charge in [-0.05, 0) is 24.6 Å². The first-order chi connectivity index (χ1) is 9.21. The maximum absolute atomic E-state index is 5.85. The molecule has 1 aromatic heterocycles. The standard InChI is InChI=1S/C14H18N2O3/c1-4-5-10-13(19-16-14(10)15)11-8-9(17-2)6-7-12(11)18-3/h6-8H,4-5H2,1-3H3,(H2,15,16). The van der Waals surface area contributed by atoms with E-state index in [-0.39, 0.29) is 0 Å². The summed E-state index contributed by atoms with van der Waals surface area (Å²) in [6, 6.07) is 5.53. The SMILES string of the molecule is CCCc1c(N)noc1-c1cc(OC)ccc1OC. The van der Waals surface area contributed by atoms with E-state index < -0.39 is 0 Å². The van der Waals surface area contributed by atoms with Gasteiger partial charge in [-0.15, -0.1) is 0 Å². The molecule has 0 radical (unpaired) electrons. The number of aromatic nitrogens is 1. The van der Waals surface area contributed by atoms with Crippen molar-refractivity contribution >= 4 is 5.82 Å². The summed E-state index contributed by atoms with van der Waals surface area (Å²) >= 11 is 0. The number of nitrogens with zero attached hydrogens (tertiary/aromatic N) is 1. The zero-order valence-corrected chi connectivity index (χ0v) is 11.4. The number of anilines is 1. The van der Waals surface area contributed by atoms with Crippen LogP contribution in [0.2, 0.25) is 0 Å². The fraction of sp³-hybridized carbons (Fsp3) is 0.357. The van der Waals surface area contributed by atoms with Crippen molar-refractivity contribution in [2.75, 3.05) is 20.0 Å². The van der Waals surface area contributed by atoms with Gasteiger partial charge in [-0.25, -0.2) is 0 Å². The van der Waals surface area contributed by atoms with E-state index in [1.54, 1.807) is 14.2 Å². The molecule has 19 heavy (non-hydrogen) atoms. The number of methoxy groups -OCH3 is 2. The lowest BCUT2D eigenvalue weighted by molar-refractivity contribution is 0.398. The highest BCUT2D eigenvalue weighted by atomic mass is 16.5. The molecule has 2 N–H and O–H groups in total. The van der Waals surface area contributed by atoms with Crippen LogP contribution in [0.5, 0.6) is 11.5 Å². The van der Waals surface area contributed by atoms with Gasteiger partial charge in [0.05, 0.1) is 19.8 Å². The van der Waals surface area contributed by atoms with E-state index in [0.717, 1.165) is 29.7 Å². The molecule has 1 heterocycles. The monoisotopic (exact) mass is 262 g/mol. The number of hydrogen-bond acceptors (Lipinski definition) is 5. The van der Waals surface area contributed by atoms with Gasteiger partial charge in [-0.3, -0.25) is 0 Å². The third-order valence-electron chi connectivity index (χ3n) is 2.97. The Balaban J connectivity index is 2.56. The average Bonchev–Trinajstić information content (AvgIpc) is 2.80. The van der Waals surface area contributed by atoms with E-state index >= 15 is 0 Å². The Hall–Kier alpha value is -2.17. The van der Waals surface area contributed by atoms with Gasteiger partial charge in [0.25, 0.3) is 0 Å². The highest BCUT2D eigenvalue weighted by molar-refractivity contribution is 5.73. The second kappa shape index (κ2) is 5.65. The van der Waals surface area contributed by atoms with Gasteiger partial charge >= 0.3 is 0 Å². The molecule has 102 valence electrons. The maximum Gasteiger partial charge on any atom is 0.176 e. The topological polar surface area (TPSA) is 70.5 Å². The van der Waals surface area contributed by atoms with Crippen LogP contribution in [0.1, 0.15) is 18.9 Å². The summed E-state index contributed by atoms with van der Waals surface area (Å²) < 4.78 is 16.0. The molecule has 0 unspecified atom stereocenters. The number of rotatable bonds is 5. The van der Waals surface area contributed by atoms with Crippen LogP contribution >= 0.6 is 0 Å². The van der Waals surface area contributed by atoms with Gasteiger partial charge in [0.1, 0.15) is 11.5 Å². The van der Waals surface area contributed by atoms with Crippen LogP contribution in [0.3, 0.4) is 0 Å². The molecule has 0 bridgehead atoms. The summed E-state index contributed by atoms with van der Waals surface area (Å²) in [7, 11) is 3.23. The molecule has 2 aromatic rings. The average molecular weight is 262 g/mol. The number of nitrogens with two attached hydrogens (primary N) is 1. The third-order valence-corrected chi connectivity index (χ3v) is 2.97. The van der Waals surface area contributed by atoms with E-state index in [9.17, 15) is 0 Å². The lowest BCUT2D eigenvalue weighted by Crippen LogP contribution is -1.95. The minimum atomic E-state index is 0.432. The summed E-state index contributed by atoms with van der Waals surface area (Å²) in [6.45, 7) is 2.08. The van der Waals surface area contributed by atoms with Crippen molar-refractivity contribution in [1.29, 1.82) is 0 Å². The maximum atomic E-state index is 5.85. The molecule has 0 fully saturated rings. The summed E-state index contributed by atoms with van der Waals surface area (Å²) in [5.41, 5.74) is 7.56. The minimum absolute atomic E-state index is 0.432. The van der Waals surface area contributed by atoms with Crippen molar-refractivity contribution in [3.63, 3.8) is 0 Å². The molecule has 0 aliphatic rings. The van der Waals surface area contributed by atoms with E-state index in [4.69, 9.17) is 19.7 Å². The van der Waals surface area contributed by atoms with Crippen LogP contribution in [0.25, 0.3) is 11.3 Å². The first kappa shape index (κ1) is 13.3. The van der Waals surface area contributed by atoms with Crippen molar-refractivity contribution in [3.8, 4) is 22.8 Å². The largest absolute Gasteiger partial charge is 0.497 e. The molecule has 0 saturated carbocycles. The van der Waals surface area contributed by atoms with Crippen LogP contribution in [0.15, 0.2) is 22.7 Å². The van der Waals surface area contributed by atoms with Gasteiger partial charge < -0.3 is 19.7 Å². The number of benzene rings is 1. The summed E-state index contributed by atoms with van der Waals surface area (Å²) in [5.74, 6) is 2.51. The van der Waals surface area contributed by atoms with Gasteiger partial charge in [-0.1, -0.05) is 18.5 Å². The Kier molecular flexibility index (Phi) is 3.94. The lowest BCUT2D eigenvalue weighted by atomic mass is 10.0. The fourth-order valence-corrected chi connectivity index (χ4v) is 2.02. The van der Waals surface area contributed by atoms with Crippen LogP contribution in [-0.2, 0) is 6.42 Å². The Morgan fingerprint density at radius 2 is 2.05 bits per heavy atom. The molecule has 2 rings (SSSR count). The smallest absolute Gasteiger partial charge is 0.176 e. The van der Waals surface area contributed by atoms with Gasteiger partial charge in [0.15, 0.2) is 11.6 Å². The molecule has 5 nitrogen and oxygen atoms in total. The normalized spacial score (nSPS) is 10.5. The zero-order chi connectivity index (χ0) is 13.8. The van der Waals surface area contributed by atoms with E-state index in [1.165, 1.54) is 0 Å². The highest BCUT2D eigenvalue weighted by Crippen LogP contribution is 2.37. The Morgan fingerprint density at radius 1 is 1.26 bits per heavy atom. The van der Waals surface area contributed by atoms with Gasteiger partial charge in [-0.2, -0.15) is 0 Å². The molecule has 0 spiro atoms. The van der Waals surface area contributed by atoms with Gasteiger partial charge in [0.2, 0.25) is 0 Å². The van der Waals surface area contributed by atoms with Crippen molar-refractivity contribution in [2.24, 2.45) is 0 Å². The molecule has 0 aliphatic carbocycles. The Morgan fingerprint density at radius 3 is 2.68 bits per heavy atom. The molecule has 0 amide bonds. The van der Waals surface area contributed by atoms with Gasteiger partial charge in [0, 0.05) is 5.56 Å². The molecular weight excluding hydrogens is 244 g/mol. The van der Waals surface area contributed by atoms with Crippen LogP contribution in [-0.4, -0.2) is 19.4 Å². The molecule has 0 atom stereocenters. The van der Waals surface area contributed by atoms with Crippen LogP contribution < -0.4 is 15.2 Å². The molecule has 1 aromatic carbocycles. The molecule has 5 heteroatoms. The first-order valence-corrected chi connectivity index (χ1v) is 6.17.